The van der Waals surface area contributed by atoms with E-state index < -0.39 is 12.0 Å². The molecule has 0 radical (unpaired) electrons. The molecule has 1 aliphatic heterocycles. The highest BCUT2D eigenvalue weighted by atomic mass is 32.2. The van der Waals surface area contributed by atoms with E-state index in [1.807, 2.05) is 24.3 Å². The Morgan fingerprint density at radius 3 is 2.76 bits per heavy atom. The third kappa shape index (κ3) is 2.72. The van der Waals surface area contributed by atoms with Crippen LogP contribution in [0.5, 0.6) is 5.75 Å². The third-order valence-corrected chi connectivity index (χ3v) is 4.66. The monoisotopic (exact) mass is 302 g/mol. The number of hydrogen-bond acceptors (Lipinski definition) is 5. The van der Waals surface area contributed by atoms with Gasteiger partial charge < -0.3 is 15.2 Å². The van der Waals surface area contributed by atoms with Crippen molar-refractivity contribution in [2.24, 2.45) is 0 Å². The number of thioether (sulfide) groups is 1. The Morgan fingerprint density at radius 1 is 1.29 bits per heavy atom. The number of methoxy groups -OCH3 is 1. The smallest absolute Gasteiger partial charge is 0.254 e. The molecule has 1 aliphatic rings. The minimum atomic E-state index is -1.13. The van der Waals surface area contributed by atoms with Gasteiger partial charge in [-0.25, -0.2) is 0 Å². The summed E-state index contributed by atoms with van der Waals surface area (Å²) in [6.45, 7) is 0. The Hall–Kier alpha value is -2.05. The van der Waals surface area contributed by atoms with Gasteiger partial charge in [-0.3, -0.25) is 9.78 Å². The number of aliphatic hydroxyl groups excluding tert-OH is 1. The van der Waals surface area contributed by atoms with Crippen LogP contribution >= 0.6 is 11.8 Å². The summed E-state index contributed by atoms with van der Waals surface area (Å²) in [5.41, 5.74) is 1.54. The molecule has 0 spiro atoms. The second-order valence-corrected chi connectivity index (χ2v) is 5.80. The fourth-order valence-corrected chi connectivity index (χ4v) is 3.35. The summed E-state index contributed by atoms with van der Waals surface area (Å²) in [5.74, 6) is 0.326. The Bertz CT molecular complexity index is 660. The summed E-state index contributed by atoms with van der Waals surface area (Å²) in [6.07, 6.45) is 2.17. The van der Waals surface area contributed by atoms with Gasteiger partial charge in [-0.2, -0.15) is 0 Å². The van der Waals surface area contributed by atoms with E-state index in [4.69, 9.17) is 4.74 Å². The summed E-state index contributed by atoms with van der Waals surface area (Å²) >= 11 is 1.42. The van der Waals surface area contributed by atoms with Gasteiger partial charge in [-0.1, -0.05) is 12.1 Å². The lowest BCUT2D eigenvalue weighted by molar-refractivity contribution is -0.124. The maximum absolute atomic E-state index is 12.1. The number of hydrogen-bond donors (Lipinski definition) is 2. The number of anilines is 1. The number of carbonyl (C=O) groups is 1. The van der Waals surface area contributed by atoms with Gasteiger partial charge >= 0.3 is 0 Å². The fraction of sp³-hybridized carbons (Fsp3) is 0.200. The van der Waals surface area contributed by atoms with E-state index in [0.29, 0.717) is 5.69 Å². The van der Waals surface area contributed by atoms with Gasteiger partial charge in [0.05, 0.1) is 18.0 Å². The molecule has 2 heterocycles. The first-order chi connectivity index (χ1) is 10.2. The molecule has 2 unspecified atom stereocenters. The van der Waals surface area contributed by atoms with Crippen LogP contribution in [0.15, 0.2) is 47.6 Å². The molecule has 1 aromatic heterocycles. The molecule has 21 heavy (non-hydrogen) atoms. The number of carbonyl (C=O) groups excluding carboxylic acids is 1. The SMILES string of the molecule is COc1ccc(C2Sc3cnccc3NC(=O)C2O)cc1. The van der Waals surface area contributed by atoms with Crippen molar-refractivity contribution in [1.29, 1.82) is 0 Å². The van der Waals surface area contributed by atoms with Crippen LogP contribution in [-0.4, -0.2) is 29.2 Å². The topological polar surface area (TPSA) is 71.5 Å². The maximum Gasteiger partial charge on any atom is 0.254 e. The van der Waals surface area contributed by atoms with Crippen LogP contribution in [0.3, 0.4) is 0 Å². The van der Waals surface area contributed by atoms with Crippen LogP contribution < -0.4 is 10.1 Å². The van der Waals surface area contributed by atoms with Crippen LogP contribution in [-0.2, 0) is 4.79 Å². The van der Waals surface area contributed by atoms with E-state index in [1.54, 1.807) is 25.6 Å². The minimum absolute atomic E-state index is 0.388. The van der Waals surface area contributed by atoms with Crippen LogP contribution in [0, 0.1) is 0 Å². The van der Waals surface area contributed by atoms with Gasteiger partial charge in [-0.05, 0) is 23.8 Å². The third-order valence-electron chi connectivity index (χ3n) is 3.30. The zero-order valence-electron chi connectivity index (χ0n) is 11.3. The normalized spacial score (nSPS) is 21.1. The molecule has 1 aromatic carbocycles. The summed E-state index contributed by atoms with van der Waals surface area (Å²) in [6, 6.07) is 9.07. The van der Waals surface area contributed by atoms with Crippen LogP contribution in [0.25, 0.3) is 0 Å². The van der Waals surface area contributed by atoms with E-state index >= 15 is 0 Å². The first kappa shape index (κ1) is 13.9. The molecule has 1 amide bonds. The number of rotatable bonds is 2. The van der Waals surface area contributed by atoms with E-state index in [0.717, 1.165) is 16.2 Å². The van der Waals surface area contributed by atoms with Gasteiger partial charge in [0, 0.05) is 17.3 Å². The van der Waals surface area contributed by atoms with Gasteiger partial charge in [0.25, 0.3) is 5.91 Å². The molecule has 6 heteroatoms. The lowest BCUT2D eigenvalue weighted by atomic mass is 10.1. The van der Waals surface area contributed by atoms with Crippen molar-refractivity contribution in [1.82, 2.24) is 4.98 Å². The Labute approximate surface area is 126 Å². The summed E-state index contributed by atoms with van der Waals surface area (Å²) in [7, 11) is 1.60. The number of nitrogens with one attached hydrogen (secondary N) is 1. The number of aliphatic hydroxyl groups is 1. The van der Waals surface area contributed by atoms with E-state index in [1.165, 1.54) is 11.8 Å². The Kier molecular flexibility index (Phi) is 3.81. The predicted octanol–water partition coefficient (Wildman–Crippen LogP) is 2.24. The van der Waals surface area contributed by atoms with Gasteiger partial charge in [0.2, 0.25) is 0 Å². The van der Waals surface area contributed by atoms with Crippen LogP contribution in [0.4, 0.5) is 5.69 Å². The van der Waals surface area contributed by atoms with Crippen LogP contribution in [0.1, 0.15) is 10.8 Å². The van der Waals surface area contributed by atoms with Gasteiger partial charge in [0.15, 0.2) is 0 Å². The molecule has 2 N–H and O–H groups in total. The van der Waals surface area contributed by atoms with Crippen molar-refractivity contribution in [2.45, 2.75) is 16.2 Å². The molecule has 0 saturated heterocycles. The molecule has 0 saturated carbocycles. The lowest BCUT2D eigenvalue weighted by Gasteiger charge is -2.19. The largest absolute Gasteiger partial charge is 0.497 e. The second-order valence-electron chi connectivity index (χ2n) is 4.62. The number of aromatic nitrogens is 1. The predicted molar refractivity (Wildman–Crippen MR) is 80.5 cm³/mol. The first-order valence-corrected chi connectivity index (χ1v) is 7.30. The number of nitrogens with zero attached hydrogens (tertiary/aromatic N) is 1. The quantitative estimate of drug-likeness (QED) is 0.890. The van der Waals surface area contributed by atoms with Crippen LogP contribution in [0.2, 0.25) is 0 Å². The fourth-order valence-electron chi connectivity index (χ4n) is 2.17. The Balaban J connectivity index is 1.98. The zero-order valence-corrected chi connectivity index (χ0v) is 12.1. The highest BCUT2D eigenvalue weighted by molar-refractivity contribution is 7.99. The number of amides is 1. The molecule has 108 valence electrons. The molecule has 0 fully saturated rings. The first-order valence-electron chi connectivity index (χ1n) is 6.42. The number of pyridine rings is 1. The van der Waals surface area contributed by atoms with Crippen molar-refractivity contribution in [3.05, 3.63) is 48.3 Å². The van der Waals surface area contributed by atoms with Crippen molar-refractivity contribution in [3.8, 4) is 5.75 Å². The standard InChI is InChI=1S/C15H14N2O3S/c1-20-10-4-2-9(3-5-10)14-13(18)15(19)17-11-6-7-16-8-12(11)21-14/h2-8,13-14,18H,1H3,(H,17,19). The number of ether oxygens (including phenoxy) is 1. The van der Waals surface area contributed by atoms with Gasteiger partial charge in [-0.15, -0.1) is 11.8 Å². The van der Waals surface area contributed by atoms with Crippen molar-refractivity contribution in [3.63, 3.8) is 0 Å². The molecule has 3 rings (SSSR count). The molecule has 2 atom stereocenters. The number of fused-ring (bicyclic) bond motifs is 1. The van der Waals surface area contributed by atoms with Crippen molar-refractivity contribution in [2.75, 3.05) is 12.4 Å². The van der Waals surface area contributed by atoms with Gasteiger partial charge in [0.1, 0.15) is 11.9 Å². The number of benzene rings is 1. The molecule has 5 nitrogen and oxygen atoms in total. The summed E-state index contributed by atoms with van der Waals surface area (Å²) in [5, 5.41) is 12.6. The van der Waals surface area contributed by atoms with E-state index in [-0.39, 0.29) is 5.25 Å². The second kappa shape index (κ2) is 5.75. The Morgan fingerprint density at radius 2 is 2.05 bits per heavy atom. The molecule has 2 aromatic rings. The van der Waals surface area contributed by atoms with E-state index in [2.05, 4.69) is 10.3 Å². The van der Waals surface area contributed by atoms with Crippen molar-refractivity contribution >= 4 is 23.4 Å². The minimum Gasteiger partial charge on any atom is -0.497 e. The molecule has 0 aliphatic carbocycles. The summed E-state index contributed by atoms with van der Waals surface area (Å²) in [4.78, 5) is 17.0. The summed E-state index contributed by atoms with van der Waals surface area (Å²) < 4.78 is 5.13. The average Bonchev–Trinajstić information content (AvgIpc) is 2.65. The zero-order chi connectivity index (χ0) is 14.8. The maximum atomic E-state index is 12.1. The lowest BCUT2D eigenvalue weighted by Crippen LogP contribution is -2.30. The molecule has 0 bridgehead atoms. The molecular formula is C15H14N2O3S. The average molecular weight is 302 g/mol. The highest BCUT2D eigenvalue weighted by Crippen LogP contribution is 2.43. The highest BCUT2D eigenvalue weighted by Gasteiger charge is 2.32. The van der Waals surface area contributed by atoms with Crippen molar-refractivity contribution < 1.29 is 14.6 Å². The molecular weight excluding hydrogens is 288 g/mol. The van der Waals surface area contributed by atoms with E-state index in [9.17, 15) is 9.90 Å².